The van der Waals surface area contributed by atoms with Crippen LogP contribution in [-0.4, -0.2) is 193 Å². The Morgan fingerprint density at radius 3 is 0.882 bits per heavy atom. The number of nitrogens with zero attached hydrogens (tertiary/aromatic N) is 20. The van der Waals surface area contributed by atoms with Crippen LogP contribution in [0.1, 0.15) is 104 Å². The van der Waals surface area contributed by atoms with Crippen molar-refractivity contribution in [3.8, 4) is 56.3 Å². The summed E-state index contributed by atoms with van der Waals surface area (Å²) < 4.78 is 21.9. The lowest BCUT2D eigenvalue weighted by atomic mass is 9.73. The molecule has 1 aliphatic carbocycles. The van der Waals surface area contributed by atoms with Crippen LogP contribution in [0.4, 0.5) is 29.1 Å². The Morgan fingerprint density at radius 2 is 0.625 bits per heavy atom. The number of aromatic nitrogens is 15. The monoisotopic (exact) mass is 2030 g/mol. The molecule has 0 amide bonds. The average molecular weight is 2030 g/mol. The average Bonchev–Trinajstić information content (AvgIpc) is 1.36. The van der Waals surface area contributed by atoms with Gasteiger partial charge >= 0.3 is 0 Å². The molecule has 0 radical (unpaired) electrons. The van der Waals surface area contributed by atoms with Crippen LogP contribution in [-0.2, 0) is 9.47 Å². The van der Waals surface area contributed by atoms with E-state index in [1.54, 1.807) is 61.3 Å². The molecule has 4 unspecified atom stereocenters. The van der Waals surface area contributed by atoms with Crippen LogP contribution >= 0.6 is 116 Å². The highest BCUT2D eigenvalue weighted by Crippen LogP contribution is 2.50. The SMILES string of the molecule is CC1(CN)CCN(c2cnc(-c3cccc(Cl)c3Cl)c3nccn23)CC1.CC1(N)CCN(c2cnc(-c3cccc(Cl)c3Cl)c3nccn23)CC1.CC1OCC2(CCN(c3cnc(-c4cccc(Cl)c4Cl)c4nccn34)CC2)C1N.NC1CCCC12CCN(c1cnc(-c3cccc(Cl)c3Cl)c3nccn13)CC2.NC1COCC12CCN(c1cnc(-c3cccc(Cl)c3Cl)c3nccn13)CC2. The number of piperidine rings is 5. The molecule has 136 heavy (non-hydrogen) atoms. The van der Waals surface area contributed by atoms with Gasteiger partial charge in [-0.15, -0.1) is 0 Å². The first-order valence-corrected chi connectivity index (χ1v) is 50.0. The normalized spacial score (nSPS) is 20.4. The minimum atomic E-state index is -0.0910. The minimum Gasteiger partial charge on any atom is -0.379 e. The van der Waals surface area contributed by atoms with E-state index in [2.05, 4.69) is 97.2 Å². The lowest BCUT2D eigenvalue weighted by Gasteiger charge is -2.42. The molecule has 5 aromatic carbocycles. The summed E-state index contributed by atoms with van der Waals surface area (Å²) >= 11 is 63.0. The Labute approximate surface area is 839 Å². The van der Waals surface area contributed by atoms with Gasteiger partial charge in [-0.3, -0.25) is 22.0 Å². The number of anilines is 5. The zero-order valence-corrected chi connectivity index (χ0v) is 83.2. The van der Waals surface area contributed by atoms with Crippen LogP contribution in [0.2, 0.25) is 50.2 Å². The summed E-state index contributed by atoms with van der Waals surface area (Å²) in [4.78, 5) is 57.9. The third-order valence-electron chi connectivity index (χ3n) is 29.6. The van der Waals surface area contributed by atoms with Crippen molar-refractivity contribution in [2.24, 2.45) is 50.3 Å². The third kappa shape index (κ3) is 18.6. The van der Waals surface area contributed by atoms with E-state index in [-0.39, 0.29) is 40.0 Å². The van der Waals surface area contributed by atoms with Crippen molar-refractivity contribution in [1.82, 2.24) is 71.8 Å². The Hall–Kier alpha value is -9.18. The van der Waals surface area contributed by atoms with Crippen LogP contribution in [0.5, 0.6) is 0 Å². The first-order chi connectivity index (χ1) is 65.7. The summed E-state index contributed by atoms with van der Waals surface area (Å²) in [5.74, 6) is 5.17. The zero-order valence-electron chi connectivity index (χ0n) is 75.6. The number of hydrogen-bond acceptors (Lipinski definition) is 22. The molecule has 8 fully saturated rings. The van der Waals surface area contributed by atoms with Crippen molar-refractivity contribution < 1.29 is 9.47 Å². The van der Waals surface area contributed by atoms with Gasteiger partial charge in [-0.1, -0.05) is 190 Å². The van der Waals surface area contributed by atoms with Gasteiger partial charge in [0.1, 0.15) is 57.6 Å². The molecule has 7 saturated heterocycles. The van der Waals surface area contributed by atoms with E-state index in [4.69, 9.17) is 174 Å². The smallest absolute Gasteiger partial charge is 0.165 e. The molecule has 37 heteroatoms. The molecule has 10 N–H and O–H groups in total. The van der Waals surface area contributed by atoms with Gasteiger partial charge in [0.25, 0.3) is 0 Å². The highest BCUT2D eigenvalue weighted by atomic mass is 35.5. The first kappa shape index (κ1) is 95.7. The maximum absolute atomic E-state index is 6.46. The molecule has 1 saturated carbocycles. The van der Waals surface area contributed by atoms with Crippen LogP contribution in [0.3, 0.4) is 0 Å². The molecule has 27 nitrogen and oxygen atoms in total. The van der Waals surface area contributed by atoms with Gasteiger partial charge < -0.3 is 62.6 Å². The van der Waals surface area contributed by atoms with Crippen LogP contribution < -0.4 is 53.2 Å². The number of ether oxygens (including phenoxy) is 2. The molecular formula is C99H107Cl10N25O2. The minimum absolute atomic E-state index is 0.0889. The fraction of sp³-hybridized carbons (Fsp3) is 0.394. The highest BCUT2D eigenvalue weighted by Gasteiger charge is 2.49. The fourth-order valence-electron chi connectivity index (χ4n) is 20.8. The molecule has 8 aliphatic rings. The van der Waals surface area contributed by atoms with Crippen molar-refractivity contribution >= 4 is 173 Å². The number of hydrogen-bond donors (Lipinski definition) is 5. The lowest BCUT2D eigenvalue weighted by molar-refractivity contribution is 0.0974. The van der Waals surface area contributed by atoms with Gasteiger partial charge in [-0.25, -0.2) is 49.8 Å². The predicted molar refractivity (Wildman–Crippen MR) is 551 cm³/mol. The Balaban J connectivity index is 0.000000109. The number of rotatable bonds is 11. The standard InChI is InChI=1S/C21H23Cl2N5O.C21H23Cl2N5.C20H21Cl2N5O.C19H21Cl2N5.C18H19Cl2N5/c1-13-19(24)21(12-29-13)5-8-27(9-6-21)16-11-26-18(20-25-7-10-28(16)20)14-3-2-4-15(22)17(14)23;22-15-4-1-3-14(18(15)23)19-20-25-9-12-28(20)17(13-26-19)27-10-7-21(8-11-27)6-2-5-16(21)24;21-14-3-1-2-13(17(14)22)18-19-24-6-9-27(19)16(10-25-18)26-7-4-20(5-8-26)12-28-11-15(20)23;1-19(12-22)5-8-25(9-6-19)15-11-24-17(18-23-7-10-26(15)18)13-3-2-4-14(20)16(13)21;1-18(21)5-8-24(9-6-18)14-11-23-16(17-22-7-10-25(14)17)12-3-2-4-13(19)15(12)20/h2-4,7,10-11,13,19H,5-6,8-9,12,24H2,1H3;1,3-4,9,12-13,16H,2,5-8,10-11,24H2;1-3,6,9-10,15H,4-5,7-8,11-12,23H2;2-4,7,10-11H,5-6,8-9,12,22H2,1H3;2-4,7,10-11H,5-6,8-9,21H2,1H3. The summed E-state index contributed by atoms with van der Waals surface area (Å²) in [7, 11) is 0. The first-order valence-electron chi connectivity index (χ1n) is 46.2. The van der Waals surface area contributed by atoms with Gasteiger partial charge in [0.2, 0.25) is 0 Å². The van der Waals surface area contributed by atoms with Crippen molar-refractivity contribution in [2.75, 3.05) is 116 Å². The molecular weight excluding hydrogens is 1930 g/mol. The molecule has 17 heterocycles. The summed E-state index contributed by atoms with van der Waals surface area (Å²) in [5, 5.41) is 5.02. The van der Waals surface area contributed by atoms with Gasteiger partial charge in [0.15, 0.2) is 28.2 Å². The Bertz CT molecular complexity index is 6700. The number of benzene rings is 5. The van der Waals surface area contributed by atoms with E-state index >= 15 is 0 Å². The van der Waals surface area contributed by atoms with Crippen LogP contribution in [0, 0.1) is 21.7 Å². The quantitative estimate of drug-likeness (QED) is 0.0803. The summed E-state index contributed by atoms with van der Waals surface area (Å²) in [6.07, 6.45) is 42.5. The second-order valence-electron chi connectivity index (χ2n) is 37.8. The maximum Gasteiger partial charge on any atom is 0.165 e. The number of imidazole rings is 5. The van der Waals surface area contributed by atoms with E-state index < -0.39 is 0 Å². The topological polar surface area (TPSA) is 316 Å². The molecule has 0 bridgehead atoms. The molecule has 3 spiro atoms. The van der Waals surface area contributed by atoms with E-state index in [1.807, 2.05) is 123 Å². The van der Waals surface area contributed by atoms with Gasteiger partial charge in [-0.2, -0.15) is 0 Å². The second kappa shape index (κ2) is 39.8. The Morgan fingerprint density at radius 1 is 0.346 bits per heavy atom. The largest absolute Gasteiger partial charge is 0.379 e. The maximum atomic E-state index is 6.46. The lowest BCUT2D eigenvalue weighted by Crippen LogP contribution is -2.50. The highest BCUT2D eigenvalue weighted by molar-refractivity contribution is 6.46. The Kier molecular flexibility index (Phi) is 28.0. The van der Waals surface area contributed by atoms with E-state index in [1.165, 1.54) is 19.3 Å². The number of halogens is 10. The van der Waals surface area contributed by atoms with E-state index in [9.17, 15) is 0 Å². The van der Waals surface area contributed by atoms with Crippen molar-refractivity contribution in [3.63, 3.8) is 0 Å². The fourth-order valence-corrected chi connectivity index (χ4v) is 22.7. The zero-order chi connectivity index (χ0) is 94.7. The molecule has 710 valence electrons. The van der Waals surface area contributed by atoms with Crippen LogP contribution in [0.25, 0.3) is 84.5 Å². The predicted octanol–water partition coefficient (Wildman–Crippen LogP) is 20.8. The van der Waals surface area contributed by atoms with Gasteiger partial charge in [-0.05, 0) is 139 Å². The molecule has 4 atom stereocenters. The van der Waals surface area contributed by atoms with E-state index in [0.717, 1.165) is 263 Å². The van der Waals surface area contributed by atoms with Crippen molar-refractivity contribution in [3.05, 3.63) is 234 Å². The number of fused-ring (bicyclic) bond motifs is 5. The molecule has 10 aromatic heterocycles. The summed E-state index contributed by atoms with van der Waals surface area (Å²) in [5.41, 5.74) is 43.5. The molecule has 7 aliphatic heterocycles. The third-order valence-corrected chi connectivity index (χ3v) is 33.7. The van der Waals surface area contributed by atoms with Gasteiger partial charge in [0.05, 0.1) is 107 Å². The molecule has 23 rings (SSSR count). The second-order valence-corrected chi connectivity index (χ2v) is 41.7. The molecule has 15 aromatic rings. The van der Waals surface area contributed by atoms with Crippen LogP contribution in [0.15, 0.2) is 184 Å². The van der Waals surface area contributed by atoms with Crippen molar-refractivity contribution in [2.45, 2.75) is 134 Å². The van der Waals surface area contributed by atoms with Crippen molar-refractivity contribution in [1.29, 1.82) is 0 Å². The van der Waals surface area contributed by atoms with Gasteiger partial charge in [0, 0.05) is 190 Å². The number of nitrogens with two attached hydrogens (primary N) is 5. The summed E-state index contributed by atoms with van der Waals surface area (Å²) in [6.45, 7) is 18.8. The van der Waals surface area contributed by atoms with E-state index in [0.29, 0.717) is 68.3 Å². The summed E-state index contributed by atoms with van der Waals surface area (Å²) in [6, 6.07) is 28.4.